The highest BCUT2D eigenvalue weighted by Crippen LogP contribution is 2.26. The van der Waals surface area contributed by atoms with E-state index in [0.29, 0.717) is 41.9 Å². The number of amides is 1. The smallest absolute Gasteiger partial charge is 0.255 e. The summed E-state index contributed by atoms with van der Waals surface area (Å²) >= 11 is 0. The van der Waals surface area contributed by atoms with Crippen molar-refractivity contribution in [3.63, 3.8) is 0 Å². The van der Waals surface area contributed by atoms with Crippen molar-refractivity contribution in [2.24, 2.45) is 5.92 Å². The van der Waals surface area contributed by atoms with Crippen LogP contribution in [0.15, 0.2) is 48.5 Å². The lowest BCUT2D eigenvalue weighted by Crippen LogP contribution is -2.18. The molecule has 0 aliphatic carbocycles. The zero-order valence-electron chi connectivity index (χ0n) is 15.9. The Balaban J connectivity index is 1.64. The highest BCUT2D eigenvalue weighted by molar-refractivity contribution is 6.05. The first-order valence-corrected chi connectivity index (χ1v) is 9.49. The Kier molecular flexibility index (Phi) is 6.71. The van der Waals surface area contributed by atoms with Crippen LogP contribution in [0, 0.1) is 5.92 Å². The standard InChI is InChI=1S/C22H27NO4/c1-16(2)14-26-18-8-5-7-17(13-18)22(24)23-20-10-3-4-11-21(20)27-15-19-9-6-12-25-19/h3-5,7-8,10-11,13,16,19H,6,9,12,14-15H2,1-2H3,(H,23,24). The fraction of sp³-hybridized carbons (Fsp3) is 0.409. The summed E-state index contributed by atoms with van der Waals surface area (Å²) in [6, 6.07) is 14.7. The third-order valence-electron chi connectivity index (χ3n) is 4.26. The Hall–Kier alpha value is -2.53. The van der Waals surface area contributed by atoms with Gasteiger partial charge >= 0.3 is 0 Å². The Labute approximate surface area is 160 Å². The van der Waals surface area contributed by atoms with E-state index in [9.17, 15) is 4.79 Å². The molecule has 1 unspecified atom stereocenters. The number of nitrogens with one attached hydrogen (secondary N) is 1. The molecule has 1 aliphatic rings. The molecule has 3 rings (SSSR count). The summed E-state index contributed by atoms with van der Waals surface area (Å²) in [6.07, 6.45) is 2.21. The van der Waals surface area contributed by atoms with Crippen LogP contribution in [-0.2, 0) is 4.74 Å². The maximum atomic E-state index is 12.7. The molecule has 1 N–H and O–H groups in total. The highest BCUT2D eigenvalue weighted by atomic mass is 16.5. The Bertz CT molecular complexity index is 753. The molecule has 2 aromatic rings. The molecule has 1 saturated heterocycles. The quantitative estimate of drug-likeness (QED) is 0.743. The predicted molar refractivity (Wildman–Crippen MR) is 106 cm³/mol. The van der Waals surface area contributed by atoms with Gasteiger partial charge in [0.25, 0.3) is 5.91 Å². The lowest BCUT2D eigenvalue weighted by molar-refractivity contribution is 0.0682. The summed E-state index contributed by atoms with van der Waals surface area (Å²) in [5.41, 5.74) is 1.19. The third kappa shape index (κ3) is 5.73. The van der Waals surface area contributed by atoms with Crippen LogP contribution in [0.3, 0.4) is 0 Å². The first-order chi connectivity index (χ1) is 13.1. The molecular formula is C22H27NO4. The van der Waals surface area contributed by atoms with Crippen molar-refractivity contribution in [1.29, 1.82) is 0 Å². The highest BCUT2D eigenvalue weighted by Gasteiger charge is 2.17. The van der Waals surface area contributed by atoms with Crippen molar-refractivity contribution >= 4 is 11.6 Å². The van der Waals surface area contributed by atoms with Crippen LogP contribution in [0.5, 0.6) is 11.5 Å². The number of rotatable bonds is 8. The molecule has 27 heavy (non-hydrogen) atoms. The molecule has 144 valence electrons. The Morgan fingerprint density at radius 1 is 1.19 bits per heavy atom. The van der Waals surface area contributed by atoms with Crippen LogP contribution in [0.2, 0.25) is 0 Å². The minimum Gasteiger partial charge on any atom is -0.493 e. The van der Waals surface area contributed by atoms with E-state index in [1.54, 1.807) is 12.1 Å². The van der Waals surface area contributed by atoms with E-state index in [1.807, 2.05) is 36.4 Å². The van der Waals surface area contributed by atoms with E-state index in [-0.39, 0.29) is 12.0 Å². The number of carbonyl (C=O) groups is 1. The predicted octanol–water partition coefficient (Wildman–Crippen LogP) is 4.53. The van der Waals surface area contributed by atoms with E-state index in [0.717, 1.165) is 19.4 Å². The van der Waals surface area contributed by atoms with E-state index in [2.05, 4.69) is 19.2 Å². The molecule has 5 heteroatoms. The Morgan fingerprint density at radius 2 is 2.04 bits per heavy atom. The number of hydrogen-bond acceptors (Lipinski definition) is 4. The molecule has 1 heterocycles. The van der Waals surface area contributed by atoms with Crippen molar-refractivity contribution in [3.8, 4) is 11.5 Å². The van der Waals surface area contributed by atoms with Gasteiger partial charge in [-0.1, -0.05) is 32.0 Å². The number of anilines is 1. The van der Waals surface area contributed by atoms with Crippen LogP contribution < -0.4 is 14.8 Å². The second kappa shape index (κ2) is 9.42. The van der Waals surface area contributed by atoms with E-state index in [4.69, 9.17) is 14.2 Å². The van der Waals surface area contributed by atoms with Gasteiger partial charge in [0, 0.05) is 12.2 Å². The summed E-state index contributed by atoms with van der Waals surface area (Å²) < 4.78 is 17.2. The van der Waals surface area contributed by atoms with Gasteiger partial charge in [0.2, 0.25) is 0 Å². The van der Waals surface area contributed by atoms with Gasteiger partial charge in [-0.05, 0) is 49.1 Å². The topological polar surface area (TPSA) is 56.8 Å². The van der Waals surface area contributed by atoms with Gasteiger partial charge in [-0.3, -0.25) is 4.79 Å². The van der Waals surface area contributed by atoms with Gasteiger partial charge in [-0.2, -0.15) is 0 Å². The second-order valence-corrected chi connectivity index (χ2v) is 7.13. The SMILES string of the molecule is CC(C)COc1cccc(C(=O)Nc2ccccc2OCC2CCCO2)c1. The Morgan fingerprint density at radius 3 is 2.81 bits per heavy atom. The maximum Gasteiger partial charge on any atom is 0.255 e. The maximum absolute atomic E-state index is 12.7. The molecule has 0 aromatic heterocycles. The van der Waals surface area contributed by atoms with Crippen molar-refractivity contribution < 1.29 is 19.0 Å². The van der Waals surface area contributed by atoms with Gasteiger partial charge in [0.15, 0.2) is 0 Å². The molecule has 1 atom stereocenters. The monoisotopic (exact) mass is 369 g/mol. The average molecular weight is 369 g/mol. The minimum atomic E-state index is -0.196. The zero-order chi connectivity index (χ0) is 19.1. The number of ether oxygens (including phenoxy) is 3. The van der Waals surface area contributed by atoms with Gasteiger partial charge in [0.05, 0.1) is 18.4 Å². The molecule has 1 amide bonds. The summed E-state index contributed by atoms with van der Waals surface area (Å²) in [7, 11) is 0. The average Bonchev–Trinajstić information content (AvgIpc) is 3.19. The van der Waals surface area contributed by atoms with Crippen LogP contribution in [0.25, 0.3) is 0 Å². The summed E-state index contributed by atoms with van der Waals surface area (Å²) in [5, 5.41) is 2.93. The van der Waals surface area contributed by atoms with Gasteiger partial charge in [0.1, 0.15) is 18.1 Å². The molecule has 0 bridgehead atoms. The van der Waals surface area contributed by atoms with Gasteiger partial charge in [-0.15, -0.1) is 0 Å². The fourth-order valence-corrected chi connectivity index (χ4v) is 2.84. The van der Waals surface area contributed by atoms with E-state index in [1.165, 1.54) is 0 Å². The normalized spacial score (nSPS) is 16.3. The molecule has 0 radical (unpaired) electrons. The third-order valence-corrected chi connectivity index (χ3v) is 4.26. The fourth-order valence-electron chi connectivity index (χ4n) is 2.84. The van der Waals surface area contributed by atoms with E-state index < -0.39 is 0 Å². The molecule has 2 aromatic carbocycles. The second-order valence-electron chi connectivity index (χ2n) is 7.13. The van der Waals surface area contributed by atoms with Crippen LogP contribution in [0.1, 0.15) is 37.0 Å². The number of benzene rings is 2. The number of hydrogen-bond donors (Lipinski definition) is 1. The van der Waals surface area contributed by atoms with E-state index >= 15 is 0 Å². The molecule has 1 fully saturated rings. The lowest BCUT2D eigenvalue weighted by Gasteiger charge is -2.15. The molecule has 5 nitrogen and oxygen atoms in total. The van der Waals surface area contributed by atoms with Crippen molar-refractivity contribution in [3.05, 3.63) is 54.1 Å². The number of carbonyl (C=O) groups excluding carboxylic acids is 1. The van der Waals surface area contributed by atoms with Crippen LogP contribution >= 0.6 is 0 Å². The minimum absolute atomic E-state index is 0.128. The summed E-state index contributed by atoms with van der Waals surface area (Å²) in [6.45, 7) is 6.08. The van der Waals surface area contributed by atoms with Crippen molar-refractivity contribution in [2.75, 3.05) is 25.1 Å². The first kappa shape index (κ1) is 19.2. The van der Waals surface area contributed by atoms with Crippen molar-refractivity contribution in [1.82, 2.24) is 0 Å². The summed E-state index contributed by atoms with van der Waals surface area (Å²) in [5.74, 6) is 1.57. The van der Waals surface area contributed by atoms with Crippen molar-refractivity contribution in [2.45, 2.75) is 32.8 Å². The lowest BCUT2D eigenvalue weighted by atomic mass is 10.2. The molecular weight excluding hydrogens is 342 g/mol. The molecule has 0 saturated carbocycles. The number of para-hydroxylation sites is 2. The van der Waals surface area contributed by atoms with Gasteiger partial charge < -0.3 is 19.5 Å². The van der Waals surface area contributed by atoms with Gasteiger partial charge in [-0.25, -0.2) is 0 Å². The molecule has 1 aliphatic heterocycles. The first-order valence-electron chi connectivity index (χ1n) is 9.49. The summed E-state index contributed by atoms with van der Waals surface area (Å²) in [4.78, 5) is 12.7. The zero-order valence-corrected chi connectivity index (χ0v) is 15.9. The van der Waals surface area contributed by atoms with Crippen LogP contribution in [0.4, 0.5) is 5.69 Å². The molecule has 0 spiro atoms. The van der Waals surface area contributed by atoms with Crippen LogP contribution in [-0.4, -0.2) is 31.8 Å². The largest absolute Gasteiger partial charge is 0.493 e.